The second-order valence-corrected chi connectivity index (χ2v) is 6.10. The lowest BCUT2D eigenvalue weighted by molar-refractivity contribution is -0.139. The van der Waals surface area contributed by atoms with E-state index in [4.69, 9.17) is 9.47 Å². The molecule has 5 atom stereocenters. The molecule has 4 fully saturated rings. The van der Waals surface area contributed by atoms with Gasteiger partial charge >= 0.3 is 0 Å². The van der Waals surface area contributed by atoms with Gasteiger partial charge in [0.05, 0.1) is 13.2 Å². The molecule has 0 aromatic carbocycles. The Hall–Kier alpha value is -0.0800. The van der Waals surface area contributed by atoms with Gasteiger partial charge in [0.1, 0.15) is 0 Å². The predicted molar refractivity (Wildman–Crippen MR) is 58.3 cm³/mol. The Labute approximate surface area is 92.3 Å². The molecule has 0 spiro atoms. The first-order chi connectivity index (χ1) is 7.14. The fraction of sp³-hybridized carbons (Fsp3) is 1.00. The standard InChI is InChI=1S/C13H22O2/c1-8(2)13(3)9-4-5-10-11(13)7-15-12(10)14-6-9/h8-12H,4-7H2,1-3H3/t9?,10?,11?,12-,13-/m0/s1. The minimum absolute atomic E-state index is 0.126. The van der Waals surface area contributed by atoms with Crippen LogP contribution in [0.2, 0.25) is 0 Å². The third-order valence-electron chi connectivity index (χ3n) is 5.54. The Kier molecular flexibility index (Phi) is 2.16. The van der Waals surface area contributed by atoms with Gasteiger partial charge in [0.25, 0.3) is 0 Å². The van der Waals surface area contributed by atoms with Crippen molar-refractivity contribution in [3.8, 4) is 0 Å². The number of fused-ring (bicyclic) bond motifs is 2. The van der Waals surface area contributed by atoms with Crippen LogP contribution in [0.4, 0.5) is 0 Å². The van der Waals surface area contributed by atoms with Crippen molar-refractivity contribution >= 4 is 0 Å². The molecule has 15 heavy (non-hydrogen) atoms. The van der Waals surface area contributed by atoms with Gasteiger partial charge < -0.3 is 9.47 Å². The van der Waals surface area contributed by atoms with Gasteiger partial charge in [0.15, 0.2) is 6.29 Å². The van der Waals surface area contributed by atoms with E-state index in [1.165, 1.54) is 12.8 Å². The molecule has 3 aliphatic heterocycles. The van der Waals surface area contributed by atoms with Gasteiger partial charge in [-0.25, -0.2) is 0 Å². The normalized spacial score (nSPS) is 53.6. The summed E-state index contributed by atoms with van der Waals surface area (Å²) in [6.45, 7) is 9.06. The molecule has 0 amide bonds. The third-order valence-corrected chi connectivity index (χ3v) is 5.54. The summed E-state index contributed by atoms with van der Waals surface area (Å²) >= 11 is 0. The van der Waals surface area contributed by atoms with E-state index >= 15 is 0 Å². The number of ether oxygens (including phenoxy) is 2. The molecule has 2 nitrogen and oxygen atoms in total. The van der Waals surface area contributed by atoms with Gasteiger partial charge in [0.2, 0.25) is 0 Å². The number of rotatable bonds is 1. The SMILES string of the molecule is CC(C)[C@@]1(C)C2CCC3C1CO[C@@H]3OC2. The summed E-state index contributed by atoms with van der Waals surface area (Å²) in [6, 6.07) is 0. The van der Waals surface area contributed by atoms with E-state index in [0.717, 1.165) is 31.0 Å². The first-order valence-electron chi connectivity index (χ1n) is 6.37. The van der Waals surface area contributed by atoms with Gasteiger partial charge in [-0.1, -0.05) is 20.8 Å². The molecule has 0 aromatic rings. The monoisotopic (exact) mass is 210 g/mol. The minimum atomic E-state index is 0.126. The van der Waals surface area contributed by atoms with Crippen LogP contribution >= 0.6 is 0 Å². The first-order valence-corrected chi connectivity index (χ1v) is 6.37. The molecule has 1 saturated carbocycles. The lowest BCUT2D eigenvalue weighted by Crippen LogP contribution is -2.46. The van der Waals surface area contributed by atoms with Crippen LogP contribution in [-0.2, 0) is 9.47 Å². The zero-order chi connectivity index (χ0) is 10.6. The van der Waals surface area contributed by atoms with Crippen LogP contribution in [0.3, 0.4) is 0 Å². The van der Waals surface area contributed by atoms with Crippen LogP contribution in [0.15, 0.2) is 0 Å². The Morgan fingerprint density at radius 3 is 2.60 bits per heavy atom. The Morgan fingerprint density at radius 2 is 1.87 bits per heavy atom. The minimum Gasteiger partial charge on any atom is -0.352 e. The van der Waals surface area contributed by atoms with Gasteiger partial charge in [-0.3, -0.25) is 0 Å². The maximum absolute atomic E-state index is 5.90. The summed E-state index contributed by atoms with van der Waals surface area (Å²) in [4.78, 5) is 0. The molecular formula is C13H22O2. The zero-order valence-corrected chi connectivity index (χ0v) is 10.0. The molecule has 3 unspecified atom stereocenters. The Morgan fingerprint density at radius 1 is 1.13 bits per heavy atom. The second-order valence-electron chi connectivity index (χ2n) is 6.10. The maximum Gasteiger partial charge on any atom is 0.160 e. The molecule has 3 heterocycles. The summed E-state index contributed by atoms with van der Waals surface area (Å²) in [5, 5.41) is 0. The fourth-order valence-corrected chi connectivity index (χ4v) is 4.17. The molecule has 86 valence electrons. The topological polar surface area (TPSA) is 18.5 Å². The van der Waals surface area contributed by atoms with Crippen molar-refractivity contribution < 1.29 is 9.47 Å². The lowest BCUT2D eigenvalue weighted by Gasteiger charge is -2.49. The summed E-state index contributed by atoms with van der Waals surface area (Å²) in [7, 11) is 0. The highest BCUT2D eigenvalue weighted by Crippen LogP contribution is 2.58. The number of hydrogen-bond donors (Lipinski definition) is 0. The molecule has 4 bridgehead atoms. The fourth-order valence-electron chi connectivity index (χ4n) is 4.17. The predicted octanol–water partition coefficient (Wildman–Crippen LogP) is 2.68. The van der Waals surface area contributed by atoms with E-state index in [1.807, 2.05) is 0 Å². The summed E-state index contributed by atoms with van der Waals surface area (Å²) in [5.41, 5.74) is 0.439. The van der Waals surface area contributed by atoms with Crippen molar-refractivity contribution in [1.29, 1.82) is 0 Å². The first kappa shape index (κ1) is 10.1. The van der Waals surface area contributed by atoms with E-state index in [0.29, 0.717) is 11.3 Å². The van der Waals surface area contributed by atoms with E-state index in [1.54, 1.807) is 0 Å². The third kappa shape index (κ3) is 1.18. The van der Waals surface area contributed by atoms with E-state index in [2.05, 4.69) is 20.8 Å². The highest BCUT2D eigenvalue weighted by atomic mass is 16.7. The van der Waals surface area contributed by atoms with Crippen molar-refractivity contribution in [3.05, 3.63) is 0 Å². The van der Waals surface area contributed by atoms with Crippen LogP contribution in [0, 0.1) is 29.1 Å². The Balaban J connectivity index is 2.01. The highest BCUT2D eigenvalue weighted by molar-refractivity contribution is 5.02. The van der Waals surface area contributed by atoms with Gasteiger partial charge in [-0.15, -0.1) is 0 Å². The highest BCUT2D eigenvalue weighted by Gasteiger charge is 2.57. The van der Waals surface area contributed by atoms with Crippen LogP contribution < -0.4 is 0 Å². The second kappa shape index (κ2) is 3.21. The quantitative estimate of drug-likeness (QED) is 0.662. The van der Waals surface area contributed by atoms with Gasteiger partial charge in [-0.2, -0.15) is 0 Å². The van der Waals surface area contributed by atoms with Crippen molar-refractivity contribution in [1.82, 2.24) is 0 Å². The molecule has 0 N–H and O–H groups in total. The van der Waals surface area contributed by atoms with Crippen LogP contribution in [0.1, 0.15) is 33.6 Å². The zero-order valence-electron chi connectivity index (χ0n) is 10.0. The molecule has 4 rings (SSSR count). The summed E-state index contributed by atoms with van der Waals surface area (Å²) in [5.74, 6) is 2.91. The van der Waals surface area contributed by atoms with E-state index < -0.39 is 0 Å². The molecule has 4 aliphatic rings. The Bertz CT molecular complexity index is 263. The molecular weight excluding hydrogens is 188 g/mol. The van der Waals surface area contributed by atoms with Crippen LogP contribution in [0.5, 0.6) is 0 Å². The summed E-state index contributed by atoms with van der Waals surface area (Å²) < 4.78 is 11.7. The van der Waals surface area contributed by atoms with Gasteiger partial charge in [0, 0.05) is 5.92 Å². The van der Waals surface area contributed by atoms with E-state index in [-0.39, 0.29) is 6.29 Å². The average molecular weight is 210 g/mol. The lowest BCUT2D eigenvalue weighted by atomic mass is 9.54. The van der Waals surface area contributed by atoms with Crippen LogP contribution in [-0.4, -0.2) is 19.5 Å². The summed E-state index contributed by atoms with van der Waals surface area (Å²) in [6.07, 6.45) is 2.79. The smallest absolute Gasteiger partial charge is 0.160 e. The van der Waals surface area contributed by atoms with E-state index in [9.17, 15) is 0 Å². The molecule has 0 aromatic heterocycles. The maximum atomic E-state index is 5.90. The van der Waals surface area contributed by atoms with Crippen molar-refractivity contribution in [2.75, 3.05) is 13.2 Å². The molecule has 2 heteroatoms. The molecule has 1 aliphatic carbocycles. The van der Waals surface area contributed by atoms with Crippen molar-refractivity contribution in [3.63, 3.8) is 0 Å². The van der Waals surface area contributed by atoms with Crippen molar-refractivity contribution in [2.45, 2.75) is 39.9 Å². The molecule has 3 saturated heterocycles. The molecule has 0 radical (unpaired) electrons. The largest absolute Gasteiger partial charge is 0.352 e. The average Bonchev–Trinajstić information content (AvgIpc) is 2.45. The van der Waals surface area contributed by atoms with Gasteiger partial charge in [-0.05, 0) is 36.0 Å². The van der Waals surface area contributed by atoms with Crippen molar-refractivity contribution in [2.24, 2.45) is 29.1 Å². The van der Waals surface area contributed by atoms with Crippen LogP contribution in [0.25, 0.3) is 0 Å². The number of hydrogen-bond acceptors (Lipinski definition) is 2.